The minimum absolute atomic E-state index is 0.0172. The first-order chi connectivity index (χ1) is 15.0. The van der Waals surface area contributed by atoms with Crippen LogP contribution < -0.4 is 11.1 Å². The average molecular weight is 440 g/mol. The number of piperidine rings is 1. The first-order valence-electron chi connectivity index (χ1n) is 10.3. The second-order valence-corrected chi connectivity index (χ2v) is 8.73. The van der Waals surface area contributed by atoms with Crippen molar-refractivity contribution in [2.45, 2.75) is 26.2 Å². The number of nitrogens with one attached hydrogen (secondary N) is 1. The Bertz CT molecular complexity index is 1040. The highest BCUT2D eigenvalue weighted by atomic mass is 32.1. The molecule has 31 heavy (non-hydrogen) atoms. The van der Waals surface area contributed by atoms with Gasteiger partial charge in [0.15, 0.2) is 0 Å². The van der Waals surface area contributed by atoms with E-state index in [4.69, 9.17) is 5.73 Å². The Kier molecular flexibility index (Phi) is 6.03. The fourth-order valence-corrected chi connectivity index (χ4v) is 4.82. The Morgan fingerprint density at radius 2 is 1.94 bits per heavy atom. The minimum Gasteiger partial charge on any atom is -0.379 e. The molecule has 0 spiro atoms. The molecule has 3 N–H and O–H groups in total. The third-order valence-corrected chi connectivity index (χ3v) is 6.76. The number of hydrogen-bond acceptors (Lipinski definition) is 7. The van der Waals surface area contributed by atoms with Crippen LogP contribution in [0.3, 0.4) is 0 Å². The number of rotatable bonds is 6. The zero-order valence-corrected chi connectivity index (χ0v) is 18.2. The van der Waals surface area contributed by atoms with Crippen LogP contribution in [0.15, 0.2) is 46.4 Å². The summed E-state index contributed by atoms with van der Waals surface area (Å²) in [6.45, 7) is 3.37. The summed E-state index contributed by atoms with van der Waals surface area (Å²) in [6.07, 6.45) is 1.74. The molecule has 8 nitrogen and oxygen atoms in total. The molecule has 1 aliphatic heterocycles. The predicted molar refractivity (Wildman–Crippen MR) is 118 cm³/mol. The Balaban J connectivity index is 1.50. The highest BCUT2D eigenvalue weighted by Crippen LogP contribution is 2.37. The molecule has 2 amide bonds. The molecule has 0 saturated carbocycles. The fourth-order valence-electron chi connectivity index (χ4n) is 4.08. The first-order valence-corrected chi connectivity index (χ1v) is 11.2. The zero-order valence-electron chi connectivity index (χ0n) is 17.3. The van der Waals surface area contributed by atoms with Gasteiger partial charge in [-0.05, 0) is 59.1 Å². The Morgan fingerprint density at radius 1 is 1.19 bits per heavy atom. The van der Waals surface area contributed by atoms with E-state index in [1.807, 2.05) is 13.0 Å². The van der Waals surface area contributed by atoms with Crippen LogP contribution in [0, 0.1) is 5.41 Å². The number of nitrogen functional groups attached to an aromatic ring is 1. The number of thiophene rings is 1. The molecule has 1 fully saturated rings. The van der Waals surface area contributed by atoms with E-state index >= 15 is 0 Å². The largest absolute Gasteiger partial charge is 0.379 e. The normalized spacial score (nSPS) is 15.6. The van der Waals surface area contributed by atoms with Gasteiger partial charge in [-0.15, -0.1) is 11.3 Å². The molecule has 1 aliphatic rings. The smallest absolute Gasteiger partial charge is 0.280 e. The van der Waals surface area contributed by atoms with Gasteiger partial charge in [-0.2, -0.15) is 0 Å². The number of aromatic nitrogens is 2. The fraction of sp³-hybridized carbons (Fsp3) is 0.364. The first kappa shape index (κ1) is 21.0. The van der Waals surface area contributed by atoms with Gasteiger partial charge in [0, 0.05) is 24.5 Å². The molecular formula is C22H25N5O3S. The Hall–Kier alpha value is -3.20. The number of carbonyl (C=O) groups is 2. The second kappa shape index (κ2) is 8.89. The molecule has 3 aromatic rings. The lowest BCUT2D eigenvalue weighted by Gasteiger charge is -2.40. The van der Waals surface area contributed by atoms with Gasteiger partial charge in [0.2, 0.25) is 17.4 Å². The molecule has 0 aliphatic carbocycles. The van der Waals surface area contributed by atoms with Crippen LogP contribution in [-0.4, -0.2) is 46.7 Å². The number of hydrogen-bond donors (Lipinski definition) is 2. The van der Waals surface area contributed by atoms with Crippen molar-refractivity contribution >= 4 is 29.0 Å². The van der Waals surface area contributed by atoms with Crippen LogP contribution in [0.4, 0.5) is 5.82 Å². The van der Waals surface area contributed by atoms with Crippen LogP contribution >= 0.6 is 11.3 Å². The highest BCUT2D eigenvalue weighted by Gasteiger charge is 2.42. The molecule has 4 rings (SSSR count). The van der Waals surface area contributed by atoms with Crippen molar-refractivity contribution in [3.8, 4) is 10.4 Å². The van der Waals surface area contributed by atoms with Gasteiger partial charge >= 0.3 is 0 Å². The predicted octanol–water partition coefficient (Wildman–Crippen LogP) is 2.98. The number of carbonyl (C=O) groups excluding carboxylic acids is 2. The summed E-state index contributed by atoms with van der Waals surface area (Å²) < 4.78 is 4.55. The van der Waals surface area contributed by atoms with Crippen molar-refractivity contribution in [3.05, 3.63) is 53.0 Å². The highest BCUT2D eigenvalue weighted by molar-refractivity contribution is 7.13. The van der Waals surface area contributed by atoms with Gasteiger partial charge in [-0.25, -0.2) is 4.63 Å². The minimum atomic E-state index is -0.565. The van der Waals surface area contributed by atoms with Crippen LogP contribution in [0.5, 0.6) is 0 Å². The molecule has 0 bridgehead atoms. The van der Waals surface area contributed by atoms with Crippen molar-refractivity contribution in [2.75, 3.05) is 25.4 Å². The third-order valence-electron chi connectivity index (χ3n) is 5.85. The number of nitrogens with two attached hydrogens (primary N) is 1. The van der Waals surface area contributed by atoms with Gasteiger partial charge in [-0.1, -0.05) is 30.3 Å². The topological polar surface area (TPSA) is 114 Å². The summed E-state index contributed by atoms with van der Waals surface area (Å²) in [7, 11) is 0. The van der Waals surface area contributed by atoms with E-state index in [1.165, 1.54) is 10.4 Å². The molecule has 0 atom stereocenters. The van der Waals surface area contributed by atoms with Crippen LogP contribution in [0.25, 0.3) is 10.4 Å². The van der Waals surface area contributed by atoms with Gasteiger partial charge in [0.1, 0.15) is 0 Å². The number of benzene rings is 1. The van der Waals surface area contributed by atoms with Crippen molar-refractivity contribution in [1.82, 2.24) is 20.5 Å². The molecule has 162 valence electrons. The molecule has 0 unspecified atom stereocenters. The van der Waals surface area contributed by atoms with Gasteiger partial charge in [-0.3, -0.25) is 9.59 Å². The summed E-state index contributed by atoms with van der Waals surface area (Å²) in [5.74, 6) is -0.299. The molecule has 1 saturated heterocycles. The van der Waals surface area contributed by atoms with Gasteiger partial charge in [0.25, 0.3) is 5.91 Å². The van der Waals surface area contributed by atoms with Gasteiger partial charge < -0.3 is 16.0 Å². The quantitative estimate of drug-likeness (QED) is 0.610. The Morgan fingerprint density at radius 3 is 2.52 bits per heavy atom. The van der Waals surface area contributed by atoms with Crippen molar-refractivity contribution in [2.24, 2.45) is 5.41 Å². The molecular weight excluding hydrogens is 414 g/mol. The van der Waals surface area contributed by atoms with Crippen molar-refractivity contribution in [1.29, 1.82) is 0 Å². The number of nitrogens with zero attached hydrogens (tertiary/aromatic N) is 3. The van der Waals surface area contributed by atoms with E-state index in [2.05, 4.69) is 56.0 Å². The second-order valence-electron chi connectivity index (χ2n) is 7.78. The van der Waals surface area contributed by atoms with Crippen molar-refractivity contribution in [3.63, 3.8) is 0 Å². The van der Waals surface area contributed by atoms with Crippen LogP contribution in [-0.2, 0) is 11.2 Å². The van der Waals surface area contributed by atoms with E-state index in [-0.39, 0.29) is 23.3 Å². The summed E-state index contributed by atoms with van der Waals surface area (Å²) in [6, 6.07) is 12.5. The monoisotopic (exact) mass is 439 g/mol. The standard InChI is InChI=1S/C22H25N5O3S/c1-2-24-21(29)22(14-15-5-7-16(8-6-15)17-4-3-13-31-17)9-11-27(12-10-22)20(28)18-19(23)26-30-25-18/h3-8,13H,2,9-12,14H2,1H3,(H2,23,26)(H,24,29). The van der Waals surface area contributed by atoms with Crippen LogP contribution in [0.2, 0.25) is 0 Å². The maximum Gasteiger partial charge on any atom is 0.280 e. The summed E-state index contributed by atoms with van der Waals surface area (Å²) in [5, 5.41) is 12.1. The van der Waals surface area contributed by atoms with E-state index in [9.17, 15) is 9.59 Å². The molecule has 0 radical (unpaired) electrons. The average Bonchev–Trinajstić information content (AvgIpc) is 3.46. The van der Waals surface area contributed by atoms with Gasteiger partial charge in [0.05, 0.1) is 5.41 Å². The third kappa shape index (κ3) is 4.32. The maximum atomic E-state index is 13.1. The molecule has 3 heterocycles. The lowest BCUT2D eigenvalue weighted by atomic mass is 9.72. The number of anilines is 1. The van der Waals surface area contributed by atoms with E-state index in [0.29, 0.717) is 38.9 Å². The van der Waals surface area contributed by atoms with E-state index in [0.717, 1.165) is 5.56 Å². The summed E-state index contributed by atoms with van der Waals surface area (Å²) >= 11 is 1.70. The molecule has 2 aromatic heterocycles. The van der Waals surface area contributed by atoms with E-state index in [1.54, 1.807) is 16.2 Å². The van der Waals surface area contributed by atoms with Crippen LogP contribution in [0.1, 0.15) is 35.8 Å². The summed E-state index contributed by atoms with van der Waals surface area (Å²) in [5.41, 5.74) is 7.40. The summed E-state index contributed by atoms with van der Waals surface area (Å²) in [4.78, 5) is 28.6. The molecule has 1 aromatic carbocycles. The Labute approximate surface area is 184 Å². The lowest BCUT2D eigenvalue weighted by molar-refractivity contribution is -0.133. The SMILES string of the molecule is CCNC(=O)C1(Cc2ccc(-c3cccs3)cc2)CCN(C(=O)c2nonc2N)CC1. The zero-order chi connectivity index (χ0) is 21.8. The van der Waals surface area contributed by atoms with Crippen molar-refractivity contribution < 1.29 is 14.2 Å². The van der Waals surface area contributed by atoms with E-state index < -0.39 is 5.41 Å². The maximum absolute atomic E-state index is 13.1. The lowest BCUT2D eigenvalue weighted by Crippen LogP contribution is -2.51. The number of amides is 2. The molecule has 9 heteroatoms. The number of likely N-dealkylation sites (tertiary alicyclic amines) is 1.